The molecule has 1 aromatic carbocycles. The van der Waals surface area contributed by atoms with Crippen LogP contribution in [0, 0.1) is 0 Å². The Labute approximate surface area is 77.7 Å². The molecule has 1 aliphatic heterocycles. The lowest BCUT2D eigenvalue weighted by molar-refractivity contribution is 0.354. The summed E-state index contributed by atoms with van der Waals surface area (Å²) in [4.78, 5) is 0. The van der Waals surface area contributed by atoms with Gasteiger partial charge >= 0.3 is 0 Å². The van der Waals surface area contributed by atoms with Gasteiger partial charge in [0.05, 0.1) is 14.2 Å². The molecule has 2 rings (SSSR count). The van der Waals surface area contributed by atoms with Gasteiger partial charge in [-0.3, -0.25) is 0 Å². The van der Waals surface area contributed by atoms with Gasteiger partial charge in [0, 0.05) is 12.6 Å². The molecule has 0 amide bonds. The minimum atomic E-state index is 0.514. The van der Waals surface area contributed by atoms with Gasteiger partial charge < -0.3 is 14.8 Å². The molecular formula is C10H13NO2. The first-order chi connectivity index (χ1) is 6.35. The summed E-state index contributed by atoms with van der Waals surface area (Å²) in [5.41, 5.74) is 1.26. The van der Waals surface area contributed by atoms with Crippen LogP contribution < -0.4 is 14.8 Å². The maximum Gasteiger partial charge on any atom is 0.161 e. The van der Waals surface area contributed by atoms with E-state index in [0.29, 0.717) is 6.04 Å². The van der Waals surface area contributed by atoms with Gasteiger partial charge in [-0.05, 0) is 17.7 Å². The van der Waals surface area contributed by atoms with Crippen LogP contribution in [0.3, 0.4) is 0 Å². The Hall–Kier alpha value is -1.22. The summed E-state index contributed by atoms with van der Waals surface area (Å²) < 4.78 is 10.3. The molecule has 1 unspecified atom stereocenters. The number of methoxy groups -OCH3 is 2. The van der Waals surface area contributed by atoms with E-state index < -0.39 is 0 Å². The molecule has 1 heterocycles. The van der Waals surface area contributed by atoms with E-state index in [-0.39, 0.29) is 0 Å². The van der Waals surface area contributed by atoms with Crippen molar-refractivity contribution in [3.05, 3.63) is 23.8 Å². The van der Waals surface area contributed by atoms with E-state index in [1.54, 1.807) is 14.2 Å². The van der Waals surface area contributed by atoms with Gasteiger partial charge in [0.25, 0.3) is 0 Å². The van der Waals surface area contributed by atoms with E-state index in [1.807, 2.05) is 12.1 Å². The van der Waals surface area contributed by atoms with E-state index >= 15 is 0 Å². The highest BCUT2D eigenvalue weighted by Crippen LogP contribution is 2.32. The predicted octanol–water partition coefficient (Wildman–Crippen LogP) is 1.35. The smallest absolute Gasteiger partial charge is 0.161 e. The monoisotopic (exact) mass is 179 g/mol. The van der Waals surface area contributed by atoms with Gasteiger partial charge in [-0.15, -0.1) is 0 Å². The summed E-state index contributed by atoms with van der Waals surface area (Å²) in [5, 5.41) is 3.24. The largest absolute Gasteiger partial charge is 0.493 e. The molecule has 0 radical (unpaired) electrons. The highest BCUT2D eigenvalue weighted by atomic mass is 16.5. The maximum atomic E-state index is 5.20. The van der Waals surface area contributed by atoms with Crippen molar-refractivity contribution in [2.45, 2.75) is 6.04 Å². The van der Waals surface area contributed by atoms with E-state index in [4.69, 9.17) is 9.47 Å². The topological polar surface area (TPSA) is 40.4 Å². The van der Waals surface area contributed by atoms with Crippen molar-refractivity contribution in [2.75, 3.05) is 20.8 Å². The van der Waals surface area contributed by atoms with Gasteiger partial charge in [-0.1, -0.05) is 6.07 Å². The lowest BCUT2D eigenvalue weighted by Crippen LogP contribution is -1.92. The molecule has 3 nitrogen and oxygen atoms in total. The standard InChI is InChI=1S/C10H13NO2/c1-12-9-4-3-7(8-6-11-8)5-10(9)13-2/h3-5,8,11H,6H2,1-2H3. The maximum absolute atomic E-state index is 5.20. The second kappa shape index (κ2) is 3.26. The van der Waals surface area contributed by atoms with Crippen LogP contribution in [0.15, 0.2) is 18.2 Å². The summed E-state index contributed by atoms with van der Waals surface area (Å²) in [6.07, 6.45) is 0. The molecule has 0 saturated carbocycles. The van der Waals surface area contributed by atoms with Crippen molar-refractivity contribution >= 4 is 0 Å². The average Bonchev–Trinajstić information content (AvgIpc) is 3.00. The molecule has 1 fully saturated rings. The predicted molar refractivity (Wildman–Crippen MR) is 50.3 cm³/mol. The second-order valence-corrected chi connectivity index (χ2v) is 3.08. The van der Waals surface area contributed by atoms with Gasteiger partial charge in [-0.2, -0.15) is 0 Å². The number of hydrogen-bond acceptors (Lipinski definition) is 3. The summed E-state index contributed by atoms with van der Waals surface area (Å²) in [6.45, 7) is 1.06. The van der Waals surface area contributed by atoms with Crippen LogP contribution in [0.25, 0.3) is 0 Å². The zero-order chi connectivity index (χ0) is 9.26. The van der Waals surface area contributed by atoms with Crippen molar-refractivity contribution in [1.29, 1.82) is 0 Å². The number of nitrogens with one attached hydrogen (secondary N) is 1. The summed E-state index contributed by atoms with van der Waals surface area (Å²) >= 11 is 0. The van der Waals surface area contributed by atoms with E-state index in [0.717, 1.165) is 18.0 Å². The summed E-state index contributed by atoms with van der Waals surface area (Å²) in [5.74, 6) is 1.58. The first kappa shape index (κ1) is 8.38. The number of rotatable bonds is 3. The third kappa shape index (κ3) is 1.60. The highest BCUT2D eigenvalue weighted by molar-refractivity contribution is 5.44. The molecule has 0 aliphatic carbocycles. The Morgan fingerprint density at radius 1 is 1.23 bits per heavy atom. The quantitative estimate of drug-likeness (QED) is 0.712. The highest BCUT2D eigenvalue weighted by Gasteiger charge is 2.23. The lowest BCUT2D eigenvalue weighted by atomic mass is 10.1. The Morgan fingerprint density at radius 2 is 1.92 bits per heavy atom. The van der Waals surface area contributed by atoms with E-state index in [1.165, 1.54) is 5.56 Å². The van der Waals surface area contributed by atoms with Crippen molar-refractivity contribution in [3.8, 4) is 11.5 Å². The van der Waals surface area contributed by atoms with Gasteiger partial charge in [-0.25, -0.2) is 0 Å². The molecule has 0 spiro atoms. The van der Waals surface area contributed by atoms with Gasteiger partial charge in [0.2, 0.25) is 0 Å². The zero-order valence-electron chi connectivity index (χ0n) is 7.83. The van der Waals surface area contributed by atoms with Crippen LogP contribution in [0.2, 0.25) is 0 Å². The normalized spacial score (nSPS) is 19.7. The molecule has 1 aliphatic rings. The van der Waals surface area contributed by atoms with Crippen LogP contribution in [0.1, 0.15) is 11.6 Å². The molecule has 0 bridgehead atoms. The van der Waals surface area contributed by atoms with Crippen molar-refractivity contribution in [3.63, 3.8) is 0 Å². The molecule has 1 N–H and O–H groups in total. The summed E-state index contributed by atoms with van der Waals surface area (Å²) in [6, 6.07) is 6.53. The molecule has 0 aromatic heterocycles. The minimum absolute atomic E-state index is 0.514. The third-order valence-electron chi connectivity index (χ3n) is 2.22. The lowest BCUT2D eigenvalue weighted by Gasteiger charge is -2.08. The molecular weight excluding hydrogens is 166 g/mol. The van der Waals surface area contributed by atoms with Crippen LogP contribution in [0.4, 0.5) is 0 Å². The molecule has 13 heavy (non-hydrogen) atoms. The van der Waals surface area contributed by atoms with Gasteiger partial charge in [0.1, 0.15) is 0 Å². The first-order valence-corrected chi connectivity index (χ1v) is 4.30. The number of hydrogen-bond donors (Lipinski definition) is 1. The third-order valence-corrected chi connectivity index (χ3v) is 2.22. The fourth-order valence-electron chi connectivity index (χ4n) is 1.36. The van der Waals surface area contributed by atoms with E-state index in [9.17, 15) is 0 Å². The second-order valence-electron chi connectivity index (χ2n) is 3.08. The first-order valence-electron chi connectivity index (χ1n) is 4.30. The van der Waals surface area contributed by atoms with Crippen molar-refractivity contribution < 1.29 is 9.47 Å². The van der Waals surface area contributed by atoms with Crippen LogP contribution >= 0.6 is 0 Å². The van der Waals surface area contributed by atoms with Crippen molar-refractivity contribution in [2.24, 2.45) is 0 Å². The Bertz CT molecular complexity index is 308. The molecule has 3 heteroatoms. The van der Waals surface area contributed by atoms with Crippen molar-refractivity contribution in [1.82, 2.24) is 5.32 Å². The van der Waals surface area contributed by atoms with E-state index in [2.05, 4.69) is 11.4 Å². The molecule has 1 saturated heterocycles. The van der Waals surface area contributed by atoms with Crippen LogP contribution in [0.5, 0.6) is 11.5 Å². The average molecular weight is 179 g/mol. The SMILES string of the molecule is COc1ccc(C2CN2)cc1OC. The van der Waals surface area contributed by atoms with Gasteiger partial charge in [0.15, 0.2) is 11.5 Å². The fourth-order valence-corrected chi connectivity index (χ4v) is 1.36. The fraction of sp³-hybridized carbons (Fsp3) is 0.400. The number of benzene rings is 1. The Kier molecular flexibility index (Phi) is 2.10. The Balaban J connectivity index is 2.31. The minimum Gasteiger partial charge on any atom is -0.493 e. The Morgan fingerprint density at radius 3 is 2.46 bits per heavy atom. The van der Waals surface area contributed by atoms with Crippen LogP contribution in [-0.2, 0) is 0 Å². The molecule has 70 valence electrons. The zero-order valence-corrected chi connectivity index (χ0v) is 7.83. The number of ether oxygens (including phenoxy) is 2. The molecule has 1 aromatic rings. The summed E-state index contributed by atoms with van der Waals surface area (Å²) in [7, 11) is 3.30. The molecule has 1 atom stereocenters. The van der Waals surface area contributed by atoms with Crippen LogP contribution in [-0.4, -0.2) is 20.8 Å².